The van der Waals surface area contributed by atoms with E-state index in [4.69, 9.17) is 6.42 Å². The maximum absolute atomic E-state index is 10.3. The first-order valence-corrected chi connectivity index (χ1v) is 6.17. The normalized spacial score (nSPS) is 14.0. The van der Waals surface area contributed by atoms with Crippen molar-refractivity contribution in [1.29, 1.82) is 0 Å². The Hall–Kier alpha value is -0.780. The topological polar surface area (TPSA) is 56.7 Å². The van der Waals surface area contributed by atoms with Gasteiger partial charge in [0.05, 0.1) is 13.1 Å². The van der Waals surface area contributed by atoms with Crippen LogP contribution in [0.25, 0.3) is 0 Å². The molecule has 0 saturated carbocycles. The van der Waals surface area contributed by atoms with Crippen LogP contribution in [0, 0.1) is 12.3 Å². The Kier molecular flexibility index (Phi) is 7.98. The number of hydrogen-bond acceptors (Lipinski definition) is 3. The molecule has 1 aromatic heterocycles. The molecule has 0 aliphatic heterocycles. The van der Waals surface area contributed by atoms with Gasteiger partial charge in [0.25, 0.3) is 0 Å². The lowest BCUT2D eigenvalue weighted by Gasteiger charge is -2.23. The molecule has 1 atom stereocenters. The van der Waals surface area contributed by atoms with E-state index in [1.807, 2.05) is 16.8 Å². The zero-order valence-corrected chi connectivity index (χ0v) is 13.6. The molecule has 0 aliphatic carbocycles. The van der Waals surface area contributed by atoms with E-state index in [1.54, 1.807) is 25.3 Å². The van der Waals surface area contributed by atoms with Gasteiger partial charge in [-0.1, -0.05) is 5.92 Å². The van der Waals surface area contributed by atoms with Crippen LogP contribution in [0.15, 0.2) is 21.8 Å². The van der Waals surface area contributed by atoms with Gasteiger partial charge >= 0.3 is 0 Å². The molecule has 3 N–H and O–H groups in total. The Bertz CT molecular complexity index is 409. The lowest BCUT2D eigenvalue weighted by Crippen LogP contribution is -2.44. The number of thiophene rings is 1. The quantitative estimate of drug-likeness (QED) is 0.321. The van der Waals surface area contributed by atoms with Crippen LogP contribution in [-0.4, -0.2) is 31.2 Å². The van der Waals surface area contributed by atoms with E-state index in [9.17, 15) is 5.11 Å². The molecule has 0 bridgehead atoms. The number of nitrogens with one attached hydrogen (secondary N) is 2. The highest BCUT2D eigenvalue weighted by Crippen LogP contribution is 2.21. The molecule has 0 aliphatic rings. The Balaban J connectivity index is 0.00000289. The number of aliphatic hydroxyl groups is 1. The van der Waals surface area contributed by atoms with Crippen LogP contribution in [-0.2, 0) is 5.60 Å². The van der Waals surface area contributed by atoms with Gasteiger partial charge in [0.1, 0.15) is 5.60 Å². The van der Waals surface area contributed by atoms with Crippen molar-refractivity contribution in [3.8, 4) is 12.3 Å². The third kappa shape index (κ3) is 5.25. The molecule has 1 aromatic rings. The summed E-state index contributed by atoms with van der Waals surface area (Å²) >= 11 is 1.56. The molecule has 0 aromatic carbocycles. The van der Waals surface area contributed by atoms with Gasteiger partial charge in [-0.3, -0.25) is 4.99 Å². The second-order valence-corrected chi connectivity index (χ2v) is 4.55. The van der Waals surface area contributed by atoms with Crippen LogP contribution in [0.3, 0.4) is 0 Å². The highest BCUT2D eigenvalue weighted by atomic mass is 127. The first-order valence-electron chi connectivity index (χ1n) is 5.23. The predicted molar refractivity (Wildman–Crippen MR) is 87.5 cm³/mol. The van der Waals surface area contributed by atoms with E-state index >= 15 is 0 Å². The Morgan fingerprint density at radius 3 is 2.83 bits per heavy atom. The van der Waals surface area contributed by atoms with Crippen molar-refractivity contribution in [3.05, 3.63) is 22.4 Å². The van der Waals surface area contributed by atoms with Gasteiger partial charge in [0.2, 0.25) is 0 Å². The molecule has 0 amide bonds. The largest absolute Gasteiger partial charge is 0.384 e. The standard InChI is InChI=1S/C12H17N3OS.HI/c1-4-6-14-11(13-3)15-9-12(2,16)10-5-7-17-8-10;/h1,5,7-8,16H,6,9H2,2-3H3,(H2,13,14,15);1H. The predicted octanol–water partition coefficient (Wildman–Crippen LogP) is 1.37. The molecule has 6 heteroatoms. The summed E-state index contributed by atoms with van der Waals surface area (Å²) in [5, 5.41) is 20.1. The van der Waals surface area contributed by atoms with E-state index in [1.165, 1.54) is 0 Å². The molecule has 1 unspecified atom stereocenters. The molecule has 4 nitrogen and oxygen atoms in total. The molecule has 0 spiro atoms. The zero-order chi connectivity index (χ0) is 12.7. The van der Waals surface area contributed by atoms with Gasteiger partial charge < -0.3 is 15.7 Å². The lowest BCUT2D eigenvalue weighted by atomic mass is 9.99. The molecular weight excluding hydrogens is 361 g/mol. The van der Waals surface area contributed by atoms with Gasteiger partial charge in [-0.15, -0.1) is 30.4 Å². The van der Waals surface area contributed by atoms with Gasteiger partial charge in [-0.25, -0.2) is 0 Å². The number of hydrogen-bond donors (Lipinski definition) is 3. The molecule has 0 saturated heterocycles. The number of guanidine groups is 1. The van der Waals surface area contributed by atoms with Gasteiger partial charge in [0.15, 0.2) is 5.96 Å². The number of rotatable bonds is 4. The summed E-state index contributed by atoms with van der Waals surface area (Å²) in [6.07, 6.45) is 5.15. The van der Waals surface area contributed by atoms with Crippen molar-refractivity contribution in [2.75, 3.05) is 20.1 Å². The van der Waals surface area contributed by atoms with E-state index < -0.39 is 5.60 Å². The SMILES string of the molecule is C#CCNC(=NC)NCC(C)(O)c1ccsc1.I. The maximum atomic E-state index is 10.3. The van der Waals surface area contributed by atoms with Gasteiger partial charge in [-0.05, 0) is 29.3 Å². The van der Waals surface area contributed by atoms with E-state index in [2.05, 4.69) is 21.5 Å². The van der Waals surface area contributed by atoms with Gasteiger partial charge in [-0.2, -0.15) is 11.3 Å². The second-order valence-electron chi connectivity index (χ2n) is 3.77. The fourth-order valence-electron chi connectivity index (χ4n) is 1.28. The minimum Gasteiger partial charge on any atom is -0.384 e. The van der Waals surface area contributed by atoms with E-state index in [0.717, 1.165) is 5.56 Å². The number of aliphatic imine (C=N–C) groups is 1. The minimum absolute atomic E-state index is 0. The minimum atomic E-state index is -0.923. The summed E-state index contributed by atoms with van der Waals surface area (Å²) in [6, 6.07) is 1.91. The third-order valence-electron chi connectivity index (χ3n) is 2.32. The van der Waals surface area contributed by atoms with Crippen molar-refractivity contribution >= 4 is 41.3 Å². The average Bonchev–Trinajstić information content (AvgIpc) is 2.83. The molecule has 1 heterocycles. The van der Waals surface area contributed by atoms with E-state index in [-0.39, 0.29) is 24.0 Å². The van der Waals surface area contributed by atoms with Crippen LogP contribution in [0.2, 0.25) is 0 Å². The number of terminal acetylenes is 1. The molecule has 0 fully saturated rings. The highest BCUT2D eigenvalue weighted by molar-refractivity contribution is 14.0. The van der Waals surface area contributed by atoms with Crippen molar-refractivity contribution in [1.82, 2.24) is 10.6 Å². The Morgan fingerprint density at radius 2 is 2.33 bits per heavy atom. The number of nitrogens with zero attached hydrogens (tertiary/aromatic N) is 1. The zero-order valence-electron chi connectivity index (χ0n) is 10.4. The van der Waals surface area contributed by atoms with Crippen molar-refractivity contribution in [3.63, 3.8) is 0 Å². The molecule has 1 rings (SSSR count). The summed E-state index contributed by atoms with van der Waals surface area (Å²) < 4.78 is 0. The summed E-state index contributed by atoms with van der Waals surface area (Å²) in [5.41, 5.74) is -0.0317. The molecule has 18 heavy (non-hydrogen) atoms. The summed E-state index contributed by atoms with van der Waals surface area (Å²) in [4.78, 5) is 4.00. The van der Waals surface area contributed by atoms with Crippen LogP contribution in [0.1, 0.15) is 12.5 Å². The van der Waals surface area contributed by atoms with Gasteiger partial charge in [0, 0.05) is 7.05 Å². The molecular formula is C12H18IN3OS. The van der Waals surface area contributed by atoms with Crippen molar-refractivity contribution in [2.45, 2.75) is 12.5 Å². The fraction of sp³-hybridized carbons (Fsp3) is 0.417. The van der Waals surface area contributed by atoms with Crippen molar-refractivity contribution < 1.29 is 5.11 Å². The average molecular weight is 379 g/mol. The fourth-order valence-corrected chi connectivity index (χ4v) is 2.07. The first kappa shape index (κ1) is 17.2. The van der Waals surface area contributed by atoms with Crippen LogP contribution in [0.5, 0.6) is 0 Å². The second kappa shape index (κ2) is 8.34. The van der Waals surface area contributed by atoms with Crippen LogP contribution >= 0.6 is 35.3 Å². The number of halogens is 1. The van der Waals surface area contributed by atoms with Crippen molar-refractivity contribution in [2.24, 2.45) is 4.99 Å². The monoisotopic (exact) mass is 379 g/mol. The summed E-state index contributed by atoms with van der Waals surface area (Å²) in [6.45, 7) is 2.53. The Morgan fingerprint density at radius 1 is 1.61 bits per heavy atom. The summed E-state index contributed by atoms with van der Waals surface area (Å²) in [5.74, 6) is 3.05. The maximum Gasteiger partial charge on any atom is 0.191 e. The van der Waals surface area contributed by atoms with Crippen LogP contribution in [0.4, 0.5) is 0 Å². The van der Waals surface area contributed by atoms with Crippen LogP contribution < -0.4 is 10.6 Å². The smallest absolute Gasteiger partial charge is 0.191 e. The Labute approximate surface area is 129 Å². The third-order valence-corrected chi connectivity index (χ3v) is 3.01. The lowest BCUT2D eigenvalue weighted by molar-refractivity contribution is 0.0622. The summed E-state index contributed by atoms with van der Waals surface area (Å²) in [7, 11) is 1.66. The first-order chi connectivity index (χ1) is 8.10. The van der Waals surface area contributed by atoms with E-state index in [0.29, 0.717) is 19.0 Å². The molecule has 100 valence electrons. The molecule has 0 radical (unpaired) electrons. The highest BCUT2D eigenvalue weighted by Gasteiger charge is 2.23.